The van der Waals surface area contributed by atoms with E-state index in [4.69, 9.17) is 9.47 Å². The molecule has 0 aliphatic heterocycles. The van der Waals surface area contributed by atoms with Crippen LogP contribution in [0.3, 0.4) is 0 Å². The number of hydrogen-bond acceptors (Lipinski definition) is 4. The maximum Gasteiger partial charge on any atom is 0.223 e. The summed E-state index contributed by atoms with van der Waals surface area (Å²) in [4.78, 5) is 24.3. The Labute approximate surface area is 196 Å². The third-order valence-electron chi connectivity index (χ3n) is 6.84. The molecule has 176 valence electrons. The van der Waals surface area contributed by atoms with Crippen LogP contribution in [0.25, 0.3) is 0 Å². The average molecular weight is 451 g/mol. The minimum Gasteiger partial charge on any atom is -0.493 e. The fourth-order valence-corrected chi connectivity index (χ4v) is 5.06. The maximum absolute atomic E-state index is 12.9. The van der Waals surface area contributed by atoms with Crippen LogP contribution >= 0.6 is 0 Å². The molecule has 2 atom stereocenters. The number of para-hydroxylation sites is 1. The van der Waals surface area contributed by atoms with Crippen LogP contribution in [-0.4, -0.2) is 25.0 Å². The van der Waals surface area contributed by atoms with Crippen molar-refractivity contribution in [3.05, 3.63) is 53.6 Å². The molecule has 0 heterocycles. The first-order valence-electron chi connectivity index (χ1n) is 12.0. The van der Waals surface area contributed by atoms with Gasteiger partial charge in [-0.2, -0.15) is 0 Å². The molecule has 0 radical (unpaired) electrons. The van der Waals surface area contributed by atoms with E-state index in [1.165, 1.54) is 25.3 Å². The lowest BCUT2D eigenvalue weighted by atomic mass is 9.95. The monoisotopic (exact) mass is 450 g/mol. The summed E-state index contributed by atoms with van der Waals surface area (Å²) in [5, 5.41) is 5.89. The molecule has 2 aliphatic carbocycles. The highest BCUT2D eigenvalue weighted by molar-refractivity contribution is 5.89. The summed E-state index contributed by atoms with van der Waals surface area (Å²) in [6.45, 7) is 1.88. The van der Waals surface area contributed by atoms with E-state index in [-0.39, 0.29) is 23.8 Å². The summed E-state index contributed by atoms with van der Waals surface area (Å²) in [7, 11) is 1.68. The second-order valence-corrected chi connectivity index (χ2v) is 9.20. The molecule has 2 saturated carbocycles. The Kier molecular flexibility index (Phi) is 7.53. The van der Waals surface area contributed by atoms with Crippen molar-refractivity contribution in [2.45, 2.75) is 70.4 Å². The van der Waals surface area contributed by atoms with Crippen molar-refractivity contribution >= 4 is 17.5 Å². The van der Waals surface area contributed by atoms with E-state index in [0.29, 0.717) is 12.5 Å². The lowest BCUT2D eigenvalue weighted by Crippen LogP contribution is -2.29. The minimum atomic E-state index is -0.122. The molecule has 4 rings (SSSR count). The van der Waals surface area contributed by atoms with Crippen LogP contribution in [0.15, 0.2) is 42.5 Å². The van der Waals surface area contributed by atoms with E-state index in [1.54, 1.807) is 7.11 Å². The molecule has 0 bridgehead atoms. The van der Waals surface area contributed by atoms with Gasteiger partial charge < -0.3 is 20.1 Å². The zero-order chi connectivity index (χ0) is 23.2. The second kappa shape index (κ2) is 10.7. The molecule has 2 aromatic carbocycles. The number of nitrogens with one attached hydrogen (secondary N) is 2. The smallest absolute Gasteiger partial charge is 0.223 e. The van der Waals surface area contributed by atoms with Crippen molar-refractivity contribution < 1.29 is 19.1 Å². The Balaban J connectivity index is 1.36. The summed E-state index contributed by atoms with van der Waals surface area (Å²) in [6.07, 6.45) is 7.60. The van der Waals surface area contributed by atoms with Crippen LogP contribution in [0, 0.1) is 5.92 Å². The van der Waals surface area contributed by atoms with Crippen molar-refractivity contribution in [1.82, 2.24) is 5.32 Å². The van der Waals surface area contributed by atoms with Gasteiger partial charge in [0.15, 0.2) is 11.5 Å². The summed E-state index contributed by atoms with van der Waals surface area (Å²) >= 11 is 0. The Bertz CT molecular complexity index is 984. The number of rotatable bonds is 8. The Morgan fingerprint density at radius 3 is 2.55 bits per heavy atom. The van der Waals surface area contributed by atoms with Crippen molar-refractivity contribution in [1.29, 1.82) is 0 Å². The molecule has 2 N–H and O–H groups in total. The van der Waals surface area contributed by atoms with Crippen molar-refractivity contribution in [2.24, 2.45) is 5.92 Å². The van der Waals surface area contributed by atoms with Gasteiger partial charge in [0.1, 0.15) is 0 Å². The zero-order valence-electron chi connectivity index (χ0n) is 19.6. The minimum absolute atomic E-state index is 0.00997. The Hall–Kier alpha value is -3.02. The molecule has 2 aromatic rings. The summed E-state index contributed by atoms with van der Waals surface area (Å²) in [5.74, 6) is 1.88. The number of ether oxygens (including phenoxy) is 2. The van der Waals surface area contributed by atoms with E-state index in [9.17, 15) is 9.59 Å². The number of hydrogen-bond donors (Lipinski definition) is 2. The molecule has 6 heteroatoms. The van der Waals surface area contributed by atoms with Crippen molar-refractivity contribution in [2.75, 3.05) is 12.4 Å². The van der Waals surface area contributed by atoms with Gasteiger partial charge in [-0.25, -0.2) is 0 Å². The quantitative estimate of drug-likeness (QED) is 0.581. The van der Waals surface area contributed by atoms with Crippen LogP contribution < -0.4 is 20.1 Å². The van der Waals surface area contributed by atoms with Crippen molar-refractivity contribution in [3.63, 3.8) is 0 Å². The number of benzene rings is 2. The van der Waals surface area contributed by atoms with Gasteiger partial charge in [0.25, 0.3) is 0 Å². The highest BCUT2D eigenvalue weighted by Gasteiger charge is 2.31. The predicted octanol–water partition coefficient (Wildman–Crippen LogP) is 5.18. The highest BCUT2D eigenvalue weighted by Crippen LogP contribution is 2.42. The van der Waals surface area contributed by atoms with Gasteiger partial charge >= 0.3 is 0 Å². The summed E-state index contributed by atoms with van der Waals surface area (Å²) < 4.78 is 11.8. The average Bonchev–Trinajstić information content (AvgIpc) is 3.50. The number of anilines is 1. The lowest BCUT2D eigenvalue weighted by Gasteiger charge is -2.19. The molecule has 2 aliphatic rings. The first-order chi connectivity index (χ1) is 16.0. The number of amides is 2. The van der Waals surface area contributed by atoms with Crippen LogP contribution in [0.5, 0.6) is 11.5 Å². The van der Waals surface area contributed by atoms with E-state index >= 15 is 0 Å². The number of carbonyl (C=O) groups is 2. The molecular weight excluding hydrogens is 416 g/mol. The van der Waals surface area contributed by atoms with Crippen molar-refractivity contribution in [3.8, 4) is 11.5 Å². The van der Waals surface area contributed by atoms with Crippen LogP contribution in [0.1, 0.15) is 68.9 Å². The molecule has 0 spiro atoms. The Morgan fingerprint density at radius 1 is 1.00 bits per heavy atom. The van der Waals surface area contributed by atoms with Gasteiger partial charge in [-0.15, -0.1) is 0 Å². The van der Waals surface area contributed by atoms with E-state index < -0.39 is 0 Å². The molecular formula is C27H34N2O4. The normalized spacial score (nSPS) is 20.4. The topological polar surface area (TPSA) is 76.7 Å². The fraction of sp³-hybridized carbons (Fsp3) is 0.481. The molecule has 2 fully saturated rings. The third-order valence-corrected chi connectivity index (χ3v) is 6.84. The molecule has 33 heavy (non-hydrogen) atoms. The summed E-state index contributed by atoms with van der Waals surface area (Å²) in [6, 6.07) is 13.8. The third kappa shape index (κ3) is 5.86. The standard InChI is InChI=1S/C27H34N2O4/c1-18(30)29-24-10-6-3-7-22(24)17-28-27(31)21-12-11-19(15-21)20-13-14-25(32-2)26(16-20)33-23-8-4-5-9-23/h3,6-7,10,13-14,16,19,21,23H,4-5,8-9,11-12,15,17H2,1-2H3,(H,28,31)(H,29,30). The fourth-order valence-electron chi connectivity index (χ4n) is 5.06. The van der Waals surface area contributed by atoms with Gasteiger partial charge in [-0.1, -0.05) is 24.3 Å². The van der Waals surface area contributed by atoms with Crippen LogP contribution in [0.2, 0.25) is 0 Å². The van der Waals surface area contributed by atoms with Crippen LogP contribution in [0.4, 0.5) is 5.69 Å². The second-order valence-electron chi connectivity index (χ2n) is 9.20. The highest BCUT2D eigenvalue weighted by atomic mass is 16.5. The number of carbonyl (C=O) groups excluding carboxylic acids is 2. The Morgan fingerprint density at radius 2 is 1.79 bits per heavy atom. The largest absolute Gasteiger partial charge is 0.493 e. The number of methoxy groups -OCH3 is 1. The zero-order valence-corrected chi connectivity index (χ0v) is 19.6. The van der Waals surface area contributed by atoms with Gasteiger partial charge in [-0.05, 0) is 80.2 Å². The summed E-state index contributed by atoms with van der Waals surface area (Å²) in [5.41, 5.74) is 2.86. The van der Waals surface area contributed by atoms with E-state index in [1.807, 2.05) is 30.3 Å². The first kappa shape index (κ1) is 23.1. The van der Waals surface area contributed by atoms with Crippen LogP contribution in [-0.2, 0) is 16.1 Å². The van der Waals surface area contributed by atoms with E-state index in [2.05, 4.69) is 22.8 Å². The van der Waals surface area contributed by atoms with Gasteiger partial charge in [0.05, 0.1) is 13.2 Å². The van der Waals surface area contributed by atoms with E-state index in [0.717, 1.165) is 54.9 Å². The molecule has 2 amide bonds. The first-order valence-corrected chi connectivity index (χ1v) is 12.0. The molecule has 0 saturated heterocycles. The molecule has 6 nitrogen and oxygen atoms in total. The maximum atomic E-state index is 12.9. The predicted molar refractivity (Wildman–Crippen MR) is 129 cm³/mol. The SMILES string of the molecule is COc1ccc(C2CCC(C(=O)NCc3ccccc3NC(C)=O)C2)cc1OC1CCCC1. The molecule has 0 aromatic heterocycles. The lowest BCUT2D eigenvalue weighted by molar-refractivity contribution is -0.125. The van der Waals surface area contributed by atoms with Gasteiger partial charge in [0.2, 0.25) is 11.8 Å². The van der Waals surface area contributed by atoms with Gasteiger partial charge in [0, 0.05) is 25.1 Å². The molecule has 2 unspecified atom stereocenters. The van der Waals surface area contributed by atoms with Gasteiger partial charge in [-0.3, -0.25) is 9.59 Å².